The summed E-state index contributed by atoms with van der Waals surface area (Å²) < 4.78 is 22.3. The number of aliphatic hydroxyl groups is 4. The lowest BCUT2D eigenvalue weighted by molar-refractivity contribution is -0.305. The molecule has 0 aliphatic carbocycles. The Morgan fingerprint density at radius 3 is 1.33 bits per heavy atom. The number of rotatable bonds is 45. The van der Waals surface area contributed by atoms with Crippen LogP contribution in [0.2, 0.25) is 0 Å². The van der Waals surface area contributed by atoms with E-state index in [9.17, 15) is 30.0 Å². The second-order valence-electron chi connectivity index (χ2n) is 18.3. The summed E-state index contributed by atoms with van der Waals surface area (Å²) >= 11 is 0. The largest absolute Gasteiger partial charge is 0.462 e. The Hall–Kier alpha value is -2.08. The van der Waals surface area contributed by atoms with E-state index in [0.717, 1.165) is 57.8 Å². The van der Waals surface area contributed by atoms with Gasteiger partial charge in [0.1, 0.15) is 31.0 Å². The zero-order valence-corrected chi connectivity index (χ0v) is 41.0. The Morgan fingerprint density at radius 1 is 0.484 bits per heavy atom. The molecule has 10 heteroatoms. The summed E-state index contributed by atoms with van der Waals surface area (Å²) in [5.74, 6) is -0.810. The normalized spacial score (nSPS) is 19.6. The van der Waals surface area contributed by atoms with E-state index in [1.807, 2.05) is 0 Å². The third kappa shape index (κ3) is 35.2. The number of aliphatic hydroxyl groups excluding tert-OH is 4. The summed E-state index contributed by atoms with van der Waals surface area (Å²) in [6, 6.07) is 0. The maximum Gasteiger partial charge on any atom is 0.306 e. The molecule has 1 rings (SSSR count). The number of ether oxygens (including phenoxy) is 4. The van der Waals surface area contributed by atoms with Gasteiger partial charge in [0.2, 0.25) is 0 Å². The zero-order valence-electron chi connectivity index (χ0n) is 41.0. The topological polar surface area (TPSA) is 152 Å². The van der Waals surface area contributed by atoms with Gasteiger partial charge in [0.15, 0.2) is 12.4 Å². The van der Waals surface area contributed by atoms with Crippen LogP contribution in [0.15, 0.2) is 36.5 Å². The first-order valence-electron chi connectivity index (χ1n) is 26.6. The molecule has 64 heavy (non-hydrogen) atoms. The predicted molar refractivity (Wildman–Crippen MR) is 261 cm³/mol. The van der Waals surface area contributed by atoms with Crippen molar-refractivity contribution in [1.82, 2.24) is 0 Å². The Balaban J connectivity index is 2.25. The molecule has 6 unspecified atom stereocenters. The molecule has 0 bridgehead atoms. The van der Waals surface area contributed by atoms with E-state index in [1.54, 1.807) is 0 Å². The summed E-state index contributed by atoms with van der Waals surface area (Å²) in [5, 5.41) is 40.2. The van der Waals surface area contributed by atoms with Crippen molar-refractivity contribution in [3.8, 4) is 0 Å². The smallest absolute Gasteiger partial charge is 0.306 e. The SMILES string of the molecule is CCCCCC/C=C\C/C=C\CCCCCCCCCC(=O)OC(COC(=O)CCCCCCCCCCC/C=C\CCCCCCCCCC)COC1OC(CO)C(O)C(O)C1O. The van der Waals surface area contributed by atoms with Crippen LogP contribution in [0.4, 0.5) is 0 Å². The van der Waals surface area contributed by atoms with Gasteiger partial charge in [-0.05, 0) is 70.6 Å². The molecular weight excluding hydrogens is 809 g/mol. The van der Waals surface area contributed by atoms with Crippen molar-refractivity contribution in [3.05, 3.63) is 36.5 Å². The maximum absolute atomic E-state index is 12.8. The van der Waals surface area contributed by atoms with Gasteiger partial charge < -0.3 is 39.4 Å². The summed E-state index contributed by atoms with van der Waals surface area (Å²) in [6.45, 7) is 3.43. The van der Waals surface area contributed by atoms with Gasteiger partial charge in [0, 0.05) is 12.8 Å². The highest BCUT2D eigenvalue weighted by Crippen LogP contribution is 2.23. The number of carbonyl (C=O) groups excluding carboxylic acids is 2. The molecule has 0 spiro atoms. The van der Waals surface area contributed by atoms with Crippen molar-refractivity contribution in [1.29, 1.82) is 0 Å². The third-order valence-electron chi connectivity index (χ3n) is 12.2. The van der Waals surface area contributed by atoms with Crippen LogP contribution in [0.5, 0.6) is 0 Å². The highest BCUT2D eigenvalue weighted by atomic mass is 16.7. The molecule has 0 aromatic rings. The molecule has 0 amide bonds. The van der Waals surface area contributed by atoms with Gasteiger partial charge in [-0.1, -0.05) is 192 Å². The molecule has 1 fully saturated rings. The van der Waals surface area contributed by atoms with Gasteiger partial charge in [0.05, 0.1) is 13.2 Å². The van der Waals surface area contributed by atoms with Crippen LogP contribution in [0.25, 0.3) is 0 Å². The minimum Gasteiger partial charge on any atom is -0.462 e. The second kappa shape index (κ2) is 44.7. The molecule has 1 saturated heterocycles. The number of hydrogen-bond acceptors (Lipinski definition) is 10. The molecule has 1 aliphatic rings. The summed E-state index contributed by atoms with van der Waals surface area (Å²) in [5.41, 5.74) is 0. The van der Waals surface area contributed by atoms with Crippen LogP contribution in [-0.4, -0.2) is 89.0 Å². The minimum absolute atomic E-state index is 0.220. The Labute approximate surface area is 391 Å². The minimum atomic E-state index is -1.60. The molecule has 1 aliphatic heterocycles. The summed E-state index contributed by atoms with van der Waals surface area (Å²) in [4.78, 5) is 25.5. The summed E-state index contributed by atoms with van der Waals surface area (Å²) in [7, 11) is 0. The van der Waals surface area contributed by atoms with E-state index in [2.05, 4.69) is 50.3 Å². The van der Waals surface area contributed by atoms with Crippen LogP contribution in [0.1, 0.15) is 239 Å². The average molecular weight is 907 g/mol. The monoisotopic (exact) mass is 907 g/mol. The lowest BCUT2D eigenvalue weighted by Crippen LogP contribution is -2.59. The Morgan fingerprint density at radius 2 is 0.875 bits per heavy atom. The van der Waals surface area contributed by atoms with Gasteiger partial charge in [-0.2, -0.15) is 0 Å². The standard InChI is InChI=1S/C54H98O10/c1-3-5-7-9-11-13-15-17-19-21-23-24-25-27-28-30-32-34-36-38-40-42-49(56)61-45-47(46-62-54-53(60)52(59)51(58)48(44-55)64-54)63-50(57)43-41-39-37-35-33-31-29-26-22-20-18-16-14-12-10-8-6-4-2/h14,16,20-23,47-48,51-55,58-60H,3-13,15,17-19,24-46H2,1-2H3/b16-14-,22-20-,23-21-. The first-order chi connectivity index (χ1) is 31.3. The molecule has 10 nitrogen and oxygen atoms in total. The van der Waals surface area contributed by atoms with Crippen LogP contribution in [0.3, 0.4) is 0 Å². The van der Waals surface area contributed by atoms with Crippen molar-refractivity contribution in [3.63, 3.8) is 0 Å². The Kier molecular flexibility index (Phi) is 41.9. The maximum atomic E-state index is 12.8. The van der Waals surface area contributed by atoms with Crippen molar-refractivity contribution >= 4 is 11.9 Å². The molecule has 0 aromatic heterocycles. The average Bonchev–Trinajstić information content (AvgIpc) is 3.29. The number of hydrogen-bond donors (Lipinski definition) is 4. The number of unbranched alkanes of at least 4 members (excludes halogenated alkanes) is 28. The molecular formula is C54H98O10. The molecule has 0 saturated carbocycles. The first kappa shape index (κ1) is 59.9. The van der Waals surface area contributed by atoms with E-state index in [-0.39, 0.29) is 32.0 Å². The van der Waals surface area contributed by atoms with Gasteiger partial charge in [-0.3, -0.25) is 9.59 Å². The zero-order chi connectivity index (χ0) is 46.6. The van der Waals surface area contributed by atoms with Gasteiger partial charge >= 0.3 is 11.9 Å². The first-order valence-corrected chi connectivity index (χ1v) is 26.6. The molecule has 0 radical (unpaired) electrons. The van der Waals surface area contributed by atoms with Crippen molar-refractivity contribution in [2.24, 2.45) is 0 Å². The van der Waals surface area contributed by atoms with Crippen LogP contribution in [0, 0.1) is 0 Å². The van der Waals surface area contributed by atoms with Gasteiger partial charge in [-0.15, -0.1) is 0 Å². The van der Waals surface area contributed by atoms with Gasteiger partial charge in [0.25, 0.3) is 0 Å². The predicted octanol–water partition coefficient (Wildman–Crippen LogP) is 12.6. The number of carbonyl (C=O) groups is 2. The quantitative estimate of drug-likeness (QED) is 0.0264. The van der Waals surface area contributed by atoms with Crippen molar-refractivity contribution in [2.45, 2.75) is 275 Å². The van der Waals surface area contributed by atoms with Gasteiger partial charge in [-0.25, -0.2) is 0 Å². The number of allylic oxidation sites excluding steroid dienone is 6. The fraction of sp³-hybridized carbons (Fsp3) is 0.852. The van der Waals surface area contributed by atoms with Crippen LogP contribution >= 0.6 is 0 Å². The van der Waals surface area contributed by atoms with E-state index in [1.165, 1.54) is 148 Å². The van der Waals surface area contributed by atoms with E-state index < -0.39 is 49.4 Å². The fourth-order valence-corrected chi connectivity index (χ4v) is 8.04. The van der Waals surface area contributed by atoms with E-state index >= 15 is 0 Å². The van der Waals surface area contributed by atoms with Crippen LogP contribution < -0.4 is 0 Å². The highest BCUT2D eigenvalue weighted by Gasteiger charge is 2.44. The molecule has 374 valence electrons. The van der Waals surface area contributed by atoms with E-state index in [0.29, 0.717) is 6.42 Å². The number of esters is 2. The second-order valence-corrected chi connectivity index (χ2v) is 18.3. The highest BCUT2D eigenvalue weighted by molar-refractivity contribution is 5.70. The Bertz CT molecular complexity index is 1140. The summed E-state index contributed by atoms with van der Waals surface area (Å²) in [6.07, 6.45) is 45.8. The lowest BCUT2D eigenvalue weighted by atomic mass is 9.99. The molecule has 6 atom stereocenters. The lowest BCUT2D eigenvalue weighted by Gasteiger charge is -2.39. The molecule has 4 N–H and O–H groups in total. The van der Waals surface area contributed by atoms with Crippen molar-refractivity contribution < 1.29 is 49.0 Å². The van der Waals surface area contributed by atoms with Crippen molar-refractivity contribution in [2.75, 3.05) is 19.8 Å². The molecule has 1 heterocycles. The molecule has 0 aromatic carbocycles. The van der Waals surface area contributed by atoms with Crippen LogP contribution in [-0.2, 0) is 28.5 Å². The fourth-order valence-electron chi connectivity index (χ4n) is 8.04. The third-order valence-corrected chi connectivity index (χ3v) is 12.2. The van der Waals surface area contributed by atoms with E-state index in [4.69, 9.17) is 18.9 Å².